The maximum Gasteiger partial charge on any atom is 0.277 e. The van der Waals surface area contributed by atoms with Crippen LogP contribution in [0.4, 0.5) is 0 Å². The largest absolute Gasteiger partial charge is 0.440 e. The first-order valence-corrected chi connectivity index (χ1v) is 11.6. The molecule has 0 unspecified atom stereocenters. The highest BCUT2D eigenvalue weighted by Gasteiger charge is 2.16. The van der Waals surface area contributed by atoms with Gasteiger partial charge in [-0.3, -0.25) is 9.36 Å². The molecule has 0 saturated heterocycles. The number of aromatic nitrogens is 5. The van der Waals surface area contributed by atoms with E-state index < -0.39 is 0 Å². The Labute approximate surface area is 186 Å². The van der Waals surface area contributed by atoms with E-state index >= 15 is 0 Å². The zero-order valence-electron chi connectivity index (χ0n) is 17.2. The fourth-order valence-electron chi connectivity index (χ4n) is 4.04. The molecule has 1 aliphatic heterocycles. The summed E-state index contributed by atoms with van der Waals surface area (Å²) in [5.74, 6) is 2.34. The van der Waals surface area contributed by atoms with E-state index in [-0.39, 0.29) is 5.56 Å². The number of oxazole rings is 1. The molecule has 0 bridgehead atoms. The topological polar surface area (TPSA) is 99.8 Å². The lowest BCUT2D eigenvalue weighted by atomic mass is 10.1. The molecule has 2 aromatic carbocycles. The molecular formula is C23H19N5O3S. The molecule has 8 nitrogen and oxygen atoms in total. The molecule has 9 heteroatoms. The van der Waals surface area contributed by atoms with E-state index in [1.54, 1.807) is 6.07 Å². The minimum atomic E-state index is 0.0264. The van der Waals surface area contributed by atoms with E-state index in [2.05, 4.69) is 15.2 Å². The van der Waals surface area contributed by atoms with E-state index in [4.69, 9.17) is 13.8 Å². The number of aryl methyl sites for hydroxylation is 1. The van der Waals surface area contributed by atoms with Gasteiger partial charge in [0.25, 0.3) is 10.8 Å². The fraction of sp³-hybridized carbons (Fsp3) is 0.261. The molecule has 1 aliphatic rings. The summed E-state index contributed by atoms with van der Waals surface area (Å²) in [6.45, 7) is 0.739. The van der Waals surface area contributed by atoms with Crippen LogP contribution in [0.25, 0.3) is 33.5 Å². The van der Waals surface area contributed by atoms with Gasteiger partial charge in [0.15, 0.2) is 5.58 Å². The summed E-state index contributed by atoms with van der Waals surface area (Å²) in [4.78, 5) is 22.1. The summed E-state index contributed by atoms with van der Waals surface area (Å²) in [6, 6.07) is 13.1. The van der Waals surface area contributed by atoms with Crippen molar-refractivity contribution >= 4 is 33.8 Å². The lowest BCUT2D eigenvalue weighted by Crippen LogP contribution is -2.24. The number of hydrogen-bond donors (Lipinski definition) is 0. The highest BCUT2D eigenvalue weighted by atomic mass is 32.2. The molecule has 5 aromatic rings. The summed E-state index contributed by atoms with van der Waals surface area (Å²) >= 11 is 1.37. The Kier molecular flexibility index (Phi) is 4.75. The number of hydrogen-bond acceptors (Lipinski definition) is 8. The van der Waals surface area contributed by atoms with Crippen molar-refractivity contribution in [1.29, 1.82) is 0 Å². The molecule has 0 amide bonds. The van der Waals surface area contributed by atoms with Gasteiger partial charge < -0.3 is 8.83 Å². The van der Waals surface area contributed by atoms with Gasteiger partial charge in [0, 0.05) is 18.5 Å². The van der Waals surface area contributed by atoms with Crippen LogP contribution in [0.1, 0.15) is 31.0 Å². The van der Waals surface area contributed by atoms with Crippen molar-refractivity contribution in [3.8, 4) is 11.5 Å². The predicted octanol–water partition coefficient (Wildman–Crippen LogP) is 4.61. The second-order valence-corrected chi connectivity index (χ2v) is 8.69. The first-order valence-electron chi connectivity index (χ1n) is 10.6. The summed E-state index contributed by atoms with van der Waals surface area (Å²) in [6.07, 6.45) is 4.02. The molecule has 0 N–H and O–H groups in total. The molecular weight excluding hydrogens is 426 g/mol. The van der Waals surface area contributed by atoms with Crippen LogP contribution >= 0.6 is 11.8 Å². The molecule has 0 radical (unpaired) electrons. The number of thioether (sulfide) groups is 1. The van der Waals surface area contributed by atoms with Gasteiger partial charge in [-0.25, -0.2) is 9.97 Å². The van der Waals surface area contributed by atoms with Crippen molar-refractivity contribution in [2.45, 2.75) is 43.2 Å². The maximum absolute atomic E-state index is 12.9. The number of nitrogens with zero attached hydrogens (tertiary/aromatic N) is 5. The monoisotopic (exact) mass is 445 g/mol. The van der Waals surface area contributed by atoms with Gasteiger partial charge in [-0.15, -0.1) is 10.2 Å². The Hall–Kier alpha value is -3.46. The quantitative estimate of drug-likeness (QED) is 0.370. The molecule has 0 spiro atoms. The first-order chi connectivity index (χ1) is 15.7. The predicted molar refractivity (Wildman–Crippen MR) is 120 cm³/mol. The third-order valence-corrected chi connectivity index (χ3v) is 6.43. The highest BCUT2D eigenvalue weighted by molar-refractivity contribution is 7.98. The normalized spacial score (nSPS) is 14.0. The highest BCUT2D eigenvalue weighted by Crippen LogP contribution is 2.28. The molecule has 4 heterocycles. The Morgan fingerprint density at radius 2 is 1.91 bits per heavy atom. The summed E-state index contributed by atoms with van der Waals surface area (Å²) < 4.78 is 13.4. The molecule has 0 saturated carbocycles. The van der Waals surface area contributed by atoms with Gasteiger partial charge >= 0.3 is 0 Å². The zero-order valence-corrected chi connectivity index (χ0v) is 18.0. The molecule has 6 rings (SSSR count). The van der Waals surface area contributed by atoms with Gasteiger partial charge in [0.05, 0.1) is 16.7 Å². The van der Waals surface area contributed by atoms with Crippen molar-refractivity contribution in [3.63, 3.8) is 0 Å². The summed E-state index contributed by atoms with van der Waals surface area (Å²) in [5, 5.41) is 9.35. The van der Waals surface area contributed by atoms with Crippen molar-refractivity contribution in [2.75, 3.05) is 0 Å². The van der Waals surface area contributed by atoms with E-state index in [1.807, 2.05) is 41.0 Å². The first kappa shape index (κ1) is 19.2. The number of para-hydroxylation sites is 2. The van der Waals surface area contributed by atoms with Crippen LogP contribution < -0.4 is 5.56 Å². The van der Waals surface area contributed by atoms with Crippen LogP contribution in [0.15, 0.2) is 61.3 Å². The molecule has 0 atom stereocenters. The number of benzene rings is 2. The van der Waals surface area contributed by atoms with Crippen molar-refractivity contribution in [2.24, 2.45) is 0 Å². The Bertz CT molecular complexity index is 1470. The van der Waals surface area contributed by atoms with Gasteiger partial charge in [-0.2, -0.15) is 0 Å². The summed E-state index contributed by atoms with van der Waals surface area (Å²) in [5.41, 5.74) is 3.01. The SMILES string of the molecule is O=c1c2ccc(-c3nnc(SCc4nc5ccccc5o4)o3)cc2nc2n1CCCCC2. The average molecular weight is 446 g/mol. The van der Waals surface area contributed by atoms with Gasteiger partial charge in [0.1, 0.15) is 11.3 Å². The third-order valence-electron chi connectivity index (χ3n) is 5.63. The standard InChI is InChI=1S/C23H19N5O3S/c29-22-15-10-9-14(12-17(15)24-19-8-2-1-5-11-28(19)22)21-26-27-23(31-21)32-13-20-25-16-6-3-4-7-18(16)30-20/h3-4,6-7,9-10,12H,1-2,5,8,11,13H2. The molecule has 32 heavy (non-hydrogen) atoms. The molecule has 160 valence electrons. The average Bonchev–Trinajstić information content (AvgIpc) is 3.38. The van der Waals surface area contributed by atoms with Crippen LogP contribution in [0.2, 0.25) is 0 Å². The van der Waals surface area contributed by atoms with Gasteiger partial charge in [-0.1, -0.05) is 30.3 Å². The second-order valence-electron chi connectivity index (χ2n) is 7.76. The van der Waals surface area contributed by atoms with Crippen LogP contribution in [0, 0.1) is 0 Å². The smallest absolute Gasteiger partial charge is 0.277 e. The lowest BCUT2D eigenvalue weighted by molar-refractivity contribution is 0.464. The number of rotatable bonds is 4. The third kappa shape index (κ3) is 3.48. The van der Waals surface area contributed by atoms with Gasteiger partial charge in [0.2, 0.25) is 11.8 Å². The van der Waals surface area contributed by atoms with Gasteiger partial charge in [-0.05, 0) is 43.2 Å². The Balaban J connectivity index is 1.26. The molecule has 0 fully saturated rings. The van der Waals surface area contributed by atoms with E-state index in [1.165, 1.54) is 11.8 Å². The van der Waals surface area contributed by atoms with Crippen LogP contribution in [-0.2, 0) is 18.7 Å². The van der Waals surface area contributed by atoms with E-state index in [9.17, 15) is 4.79 Å². The van der Waals surface area contributed by atoms with Crippen LogP contribution in [-0.4, -0.2) is 24.7 Å². The van der Waals surface area contributed by atoms with Crippen molar-refractivity contribution in [1.82, 2.24) is 24.7 Å². The van der Waals surface area contributed by atoms with Crippen LogP contribution in [0.3, 0.4) is 0 Å². The van der Waals surface area contributed by atoms with E-state index in [0.717, 1.165) is 54.7 Å². The lowest BCUT2D eigenvalue weighted by Gasteiger charge is -2.10. The van der Waals surface area contributed by atoms with Crippen molar-refractivity contribution in [3.05, 3.63) is 64.5 Å². The Morgan fingerprint density at radius 3 is 2.84 bits per heavy atom. The molecule has 3 aromatic heterocycles. The maximum atomic E-state index is 12.9. The fourth-order valence-corrected chi connectivity index (χ4v) is 4.65. The molecule has 0 aliphatic carbocycles. The zero-order chi connectivity index (χ0) is 21.5. The minimum absolute atomic E-state index is 0.0264. The second kappa shape index (κ2) is 7.90. The van der Waals surface area contributed by atoms with E-state index in [0.29, 0.717) is 33.7 Å². The Morgan fingerprint density at radius 1 is 0.969 bits per heavy atom. The summed E-state index contributed by atoms with van der Waals surface area (Å²) in [7, 11) is 0. The number of fused-ring (bicyclic) bond motifs is 3. The van der Waals surface area contributed by atoms with Crippen molar-refractivity contribution < 1.29 is 8.83 Å². The van der Waals surface area contributed by atoms with Crippen LogP contribution in [0.5, 0.6) is 0 Å². The minimum Gasteiger partial charge on any atom is -0.440 e.